The van der Waals surface area contributed by atoms with Crippen LogP contribution in [0.5, 0.6) is 0 Å². The standard InChI is InChI=1S/C30H33BrFN3O4S/c1-2-28(30(37)33-25-10-6-7-11-25)34(20-22-15-17-24(32)18-16-22)29(36)21-35(26-12-8-9-23(31)19-26)40(38,39)27-13-4-3-5-14-27/h3-5,8-9,12-19,25,28H,2,6-7,10-11,20-21H2,1H3,(H,33,37)/t28-/m1/s1. The Morgan fingerprint density at radius 3 is 2.30 bits per heavy atom. The number of nitrogens with one attached hydrogen (secondary N) is 1. The number of nitrogens with zero attached hydrogens (tertiary/aromatic N) is 2. The Balaban J connectivity index is 1.70. The highest BCUT2D eigenvalue weighted by atomic mass is 79.9. The number of carbonyl (C=O) groups excluding carboxylic acids is 2. The van der Waals surface area contributed by atoms with Crippen LogP contribution < -0.4 is 9.62 Å². The molecule has 1 aliphatic carbocycles. The summed E-state index contributed by atoms with van der Waals surface area (Å²) in [5.74, 6) is -1.23. The van der Waals surface area contributed by atoms with Gasteiger partial charge in [0.05, 0.1) is 10.6 Å². The van der Waals surface area contributed by atoms with E-state index in [1.54, 1.807) is 54.6 Å². The van der Waals surface area contributed by atoms with Crippen LogP contribution in [0.25, 0.3) is 0 Å². The van der Waals surface area contributed by atoms with E-state index >= 15 is 0 Å². The van der Waals surface area contributed by atoms with Crippen molar-refractivity contribution in [1.82, 2.24) is 10.2 Å². The molecule has 3 aromatic carbocycles. The average molecular weight is 631 g/mol. The Kier molecular flexibility index (Phi) is 9.97. The average Bonchev–Trinajstić information content (AvgIpc) is 3.46. The van der Waals surface area contributed by atoms with E-state index in [0.717, 1.165) is 30.0 Å². The Bertz CT molecular complexity index is 1410. The summed E-state index contributed by atoms with van der Waals surface area (Å²) in [5.41, 5.74) is 0.929. The van der Waals surface area contributed by atoms with Crippen LogP contribution in [-0.4, -0.2) is 43.8 Å². The van der Waals surface area contributed by atoms with Gasteiger partial charge in [0.2, 0.25) is 11.8 Å². The lowest BCUT2D eigenvalue weighted by molar-refractivity contribution is -0.140. The largest absolute Gasteiger partial charge is 0.352 e. The highest BCUT2D eigenvalue weighted by molar-refractivity contribution is 9.10. The van der Waals surface area contributed by atoms with Gasteiger partial charge in [0.15, 0.2) is 0 Å². The normalized spacial score (nSPS) is 14.5. The highest BCUT2D eigenvalue weighted by Gasteiger charge is 2.34. The lowest BCUT2D eigenvalue weighted by Gasteiger charge is -2.33. The van der Waals surface area contributed by atoms with Crippen LogP contribution in [0, 0.1) is 5.82 Å². The molecule has 212 valence electrons. The SMILES string of the molecule is CC[C@H](C(=O)NC1CCCC1)N(Cc1ccc(F)cc1)C(=O)CN(c1cccc(Br)c1)S(=O)(=O)c1ccccc1. The van der Waals surface area contributed by atoms with Crippen molar-refractivity contribution in [3.8, 4) is 0 Å². The Labute approximate surface area is 243 Å². The molecule has 1 aliphatic rings. The minimum absolute atomic E-state index is 0.0212. The third-order valence-corrected chi connectivity index (χ3v) is 9.34. The molecular weight excluding hydrogens is 597 g/mol. The Hall–Kier alpha value is -3.24. The van der Waals surface area contributed by atoms with E-state index in [4.69, 9.17) is 0 Å². The van der Waals surface area contributed by atoms with Crippen LogP contribution in [0.15, 0.2) is 88.2 Å². The van der Waals surface area contributed by atoms with E-state index < -0.39 is 34.3 Å². The minimum Gasteiger partial charge on any atom is -0.352 e. The zero-order valence-corrected chi connectivity index (χ0v) is 24.7. The van der Waals surface area contributed by atoms with Crippen molar-refractivity contribution < 1.29 is 22.4 Å². The third kappa shape index (κ3) is 7.28. The van der Waals surface area contributed by atoms with Gasteiger partial charge in [0.1, 0.15) is 18.4 Å². The van der Waals surface area contributed by atoms with Gasteiger partial charge in [-0.25, -0.2) is 12.8 Å². The molecule has 1 N–H and O–H groups in total. The molecule has 1 fully saturated rings. The maximum atomic E-state index is 14.1. The van der Waals surface area contributed by atoms with Gasteiger partial charge in [-0.15, -0.1) is 0 Å². The second-order valence-corrected chi connectivity index (χ2v) is 12.6. The van der Waals surface area contributed by atoms with Crippen molar-refractivity contribution in [2.75, 3.05) is 10.8 Å². The number of hydrogen-bond acceptors (Lipinski definition) is 4. The van der Waals surface area contributed by atoms with E-state index in [-0.39, 0.29) is 23.4 Å². The minimum atomic E-state index is -4.13. The second kappa shape index (κ2) is 13.4. The zero-order valence-electron chi connectivity index (χ0n) is 22.3. The number of anilines is 1. The molecule has 0 saturated heterocycles. The first-order valence-corrected chi connectivity index (χ1v) is 15.6. The smallest absolute Gasteiger partial charge is 0.264 e. The monoisotopic (exact) mass is 629 g/mol. The number of benzene rings is 3. The summed E-state index contributed by atoms with van der Waals surface area (Å²) < 4.78 is 43.0. The second-order valence-electron chi connectivity index (χ2n) is 9.87. The lowest BCUT2D eigenvalue weighted by atomic mass is 10.1. The molecule has 1 saturated carbocycles. The zero-order chi connectivity index (χ0) is 28.7. The van der Waals surface area contributed by atoms with Gasteiger partial charge in [-0.2, -0.15) is 0 Å². The maximum absolute atomic E-state index is 14.1. The van der Waals surface area contributed by atoms with E-state index in [1.807, 2.05) is 6.92 Å². The molecule has 10 heteroatoms. The Morgan fingerprint density at radius 2 is 1.68 bits per heavy atom. The predicted octanol–water partition coefficient (Wildman–Crippen LogP) is 5.65. The molecule has 0 radical (unpaired) electrons. The van der Waals surface area contributed by atoms with E-state index in [2.05, 4.69) is 21.2 Å². The van der Waals surface area contributed by atoms with Crippen molar-refractivity contribution in [2.24, 2.45) is 0 Å². The number of amides is 2. The summed E-state index contributed by atoms with van der Waals surface area (Å²) >= 11 is 3.39. The maximum Gasteiger partial charge on any atom is 0.264 e. The number of carbonyl (C=O) groups is 2. The van der Waals surface area contributed by atoms with Gasteiger partial charge in [-0.3, -0.25) is 13.9 Å². The van der Waals surface area contributed by atoms with E-state index in [1.165, 1.54) is 29.2 Å². The summed E-state index contributed by atoms with van der Waals surface area (Å²) in [6.45, 7) is 1.31. The quantitative estimate of drug-likeness (QED) is 0.297. The van der Waals surface area contributed by atoms with Crippen LogP contribution in [0.1, 0.15) is 44.6 Å². The fraction of sp³-hybridized carbons (Fsp3) is 0.333. The third-order valence-electron chi connectivity index (χ3n) is 7.06. The van der Waals surface area contributed by atoms with Gasteiger partial charge in [-0.1, -0.05) is 72.1 Å². The summed E-state index contributed by atoms with van der Waals surface area (Å²) in [6, 6.07) is 19.5. The van der Waals surface area contributed by atoms with Gasteiger partial charge in [-0.05, 0) is 67.3 Å². The number of sulfonamides is 1. The van der Waals surface area contributed by atoms with Crippen LogP contribution in [-0.2, 0) is 26.2 Å². The molecule has 0 unspecified atom stereocenters. The predicted molar refractivity (Wildman–Crippen MR) is 157 cm³/mol. The van der Waals surface area contributed by atoms with Crippen molar-refractivity contribution in [2.45, 2.75) is 62.6 Å². The van der Waals surface area contributed by atoms with Crippen molar-refractivity contribution in [3.63, 3.8) is 0 Å². The summed E-state index contributed by atoms with van der Waals surface area (Å²) in [5, 5.41) is 3.08. The van der Waals surface area contributed by atoms with Crippen molar-refractivity contribution in [3.05, 3.63) is 94.7 Å². The topological polar surface area (TPSA) is 86.8 Å². The van der Waals surface area contributed by atoms with Crippen LogP contribution in [0.2, 0.25) is 0 Å². The first-order valence-electron chi connectivity index (χ1n) is 13.4. The van der Waals surface area contributed by atoms with Crippen molar-refractivity contribution in [1.29, 1.82) is 0 Å². The molecule has 4 rings (SSSR count). The van der Waals surface area contributed by atoms with E-state index in [9.17, 15) is 22.4 Å². The van der Waals surface area contributed by atoms with Crippen molar-refractivity contribution >= 4 is 43.5 Å². The fourth-order valence-electron chi connectivity index (χ4n) is 4.95. The molecule has 1 atom stereocenters. The summed E-state index contributed by atoms with van der Waals surface area (Å²) in [7, 11) is -4.13. The van der Waals surface area contributed by atoms with E-state index in [0.29, 0.717) is 22.1 Å². The number of rotatable bonds is 11. The lowest BCUT2D eigenvalue weighted by Crippen LogP contribution is -2.53. The van der Waals surface area contributed by atoms with Gasteiger partial charge >= 0.3 is 0 Å². The van der Waals surface area contributed by atoms with Gasteiger partial charge in [0.25, 0.3) is 10.0 Å². The molecule has 0 aliphatic heterocycles. The highest BCUT2D eigenvalue weighted by Crippen LogP contribution is 2.27. The molecule has 3 aromatic rings. The molecule has 7 nitrogen and oxygen atoms in total. The molecule has 0 bridgehead atoms. The molecule has 0 aromatic heterocycles. The number of hydrogen-bond donors (Lipinski definition) is 1. The molecule has 0 heterocycles. The molecule has 0 spiro atoms. The Morgan fingerprint density at radius 1 is 1.00 bits per heavy atom. The fourth-order valence-corrected chi connectivity index (χ4v) is 6.77. The molecular formula is C30H33BrFN3O4S. The molecule has 40 heavy (non-hydrogen) atoms. The first-order chi connectivity index (χ1) is 19.2. The molecule has 2 amide bonds. The van der Waals surface area contributed by atoms with Crippen LogP contribution in [0.4, 0.5) is 10.1 Å². The van der Waals surface area contributed by atoms with Crippen LogP contribution in [0.3, 0.4) is 0 Å². The van der Waals surface area contributed by atoms with Crippen LogP contribution >= 0.6 is 15.9 Å². The first kappa shape index (κ1) is 29.7. The van der Waals surface area contributed by atoms with Gasteiger partial charge in [0, 0.05) is 17.1 Å². The van der Waals surface area contributed by atoms with Gasteiger partial charge < -0.3 is 10.2 Å². The summed E-state index contributed by atoms with van der Waals surface area (Å²) in [6.07, 6.45) is 4.19. The summed E-state index contributed by atoms with van der Waals surface area (Å²) in [4.78, 5) is 28.9. The number of halogens is 2.